The van der Waals surface area contributed by atoms with E-state index in [-0.39, 0.29) is 0 Å². The molecule has 5 rings (SSSR count). The van der Waals surface area contributed by atoms with Crippen molar-refractivity contribution in [3.8, 4) is 0 Å². The van der Waals surface area contributed by atoms with Crippen LogP contribution in [0.25, 0.3) is 0 Å². The Hall–Kier alpha value is -0.0400. The van der Waals surface area contributed by atoms with Gasteiger partial charge in [-0.2, -0.15) is 0 Å². The van der Waals surface area contributed by atoms with Gasteiger partial charge in [-0.15, -0.1) is 0 Å². The van der Waals surface area contributed by atoms with Crippen molar-refractivity contribution in [2.45, 2.75) is 57.9 Å². The van der Waals surface area contributed by atoms with E-state index in [0.717, 1.165) is 41.5 Å². The van der Waals surface area contributed by atoms with E-state index in [1.807, 2.05) is 0 Å². The summed E-state index contributed by atoms with van der Waals surface area (Å²) < 4.78 is 0. The summed E-state index contributed by atoms with van der Waals surface area (Å²) in [5.41, 5.74) is 0. The first-order valence-corrected chi connectivity index (χ1v) is 8.03. The Morgan fingerprint density at radius 1 is 0.941 bits per heavy atom. The molecule has 1 heteroatoms. The predicted octanol–water partition coefficient (Wildman–Crippen LogP) is 3.45. The van der Waals surface area contributed by atoms with E-state index >= 15 is 0 Å². The van der Waals surface area contributed by atoms with Gasteiger partial charge in [0.1, 0.15) is 0 Å². The summed E-state index contributed by atoms with van der Waals surface area (Å²) >= 11 is 0. The molecule has 0 aromatic carbocycles. The van der Waals surface area contributed by atoms with Gasteiger partial charge < -0.3 is 5.32 Å². The molecule has 0 aromatic heterocycles. The minimum absolute atomic E-state index is 0.906. The fourth-order valence-corrected chi connectivity index (χ4v) is 5.41. The average Bonchev–Trinajstić information content (AvgIpc) is 3.10. The topological polar surface area (TPSA) is 12.0 Å². The van der Waals surface area contributed by atoms with Crippen LogP contribution in [0.15, 0.2) is 0 Å². The molecular weight excluding hydrogens is 206 g/mol. The van der Waals surface area contributed by atoms with Crippen LogP contribution in [0.5, 0.6) is 0 Å². The first-order valence-electron chi connectivity index (χ1n) is 8.03. The molecule has 1 N–H and O–H groups in total. The van der Waals surface area contributed by atoms with Gasteiger partial charge in [0.15, 0.2) is 0 Å². The molecule has 96 valence electrons. The van der Waals surface area contributed by atoms with Gasteiger partial charge in [-0.3, -0.25) is 0 Å². The second-order valence-corrected chi connectivity index (χ2v) is 7.68. The van der Waals surface area contributed by atoms with Gasteiger partial charge in [0, 0.05) is 6.04 Å². The van der Waals surface area contributed by atoms with E-state index < -0.39 is 0 Å². The van der Waals surface area contributed by atoms with Crippen LogP contribution < -0.4 is 5.32 Å². The summed E-state index contributed by atoms with van der Waals surface area (Å²) in [5, 5.41) is 3.99. The smallest absolute Gasteiger partial charge is 0.0124 e. The van der Waals surface area contributed by atoms with E-state index in [2.05, 4.69) is 12.2 Å². The van der Waals surface area contributed by atoms with Crippen molar-refractivity contribution < 1.29 is 0 Å². The summed E-state index contributed by atoms with van der Waals surface area (Å²) in [6.45, 7) is 3.76. The van der Waals surface area contributed by atoms with Crippen molar-refractivity contribution in [2.24, 2.45) is 35.5 Å². The average molecular weight is 233 g/mol. The Morgan fingerprint density at radius 2 is 1.53 bits per heavy atom. The van der Waals surface area contributed by atoms with Gasteiger partial charge in [0.25, 0.3) is 0 Å². The molecule has 0 saturated heterocycles. The Morgan fingerprint density at radius 3 is 2.06 bits per heavy atom. The Kier molecular flexibility index (Phi) is 2.54. The molecule has 0 heterocycles. The largest absolute Gasteiger partial charge is 0.313 e. The lowest BCUT2D eigenvalue weighted by atomic mass is 9.54. The third kappa shape index (κ3) is 1.95. The van der Waals surface area contributed by atoms with Gasteiger partial charge in [0.2, 0.25) is 0 Å². The molecule has 17 heavy (non-hydrogen) atoms. The van der Waals surface area contributed by atoms with Gasteiger partial charge in [-0.05, 0) is 87.0 Å². The number of rotatable bonds is 4. The minimum Gasteiger partial charge on any atom is -0.313 e. The van der Waals surface area contributed by atoms with Crippen molar-refractivity contribution in [3.63, 3.8) is 0 Å². The summed E-state index contributed by atoms with van der Waals surface area (Å²) in [4.78, 5) is 0. The molecule has 5 saturated carbocycles. The zero-order valence-electron chi connectivity index (χ0n) is 11.2. The van der Waals surface area contributed by atoms with E-state index in [4.69, 9.17) is 0 Å². The molecule has 0 aromatic rings. The Bertz CT molecular complexity index is 266. The van der Waals surface area contributed by atoms with Gasteiger partial charge in [-0.25, -0.2) is 0 Å². The van der Waals surface area contributed by atoms with Crippen molar-refractivity contribution in [1.29, 1.82) is 0 Å². The molecule has 1 nitrogen and oxygen atoms in total. The van der Waals surface area contributed by atoms with Crippen molar-refractivity contribution in [3.05, 3.63) is 0 Å². The van der Waals surface area contributed by atoms with Crippen molar-refractivity contribution in [2.75, 3.05) is 6.54 Å². The number of hydrogen-bond donors (Lipinski definition) is 1. The fourth-order valence-electron chi connectivity index (χ4n) is 5.41. The maximum absolute atomic E-state index is 3.99. The molecule has 4 bridgehead atoms. The molecule has 5 aliphatic carbocycles. The van der Waals surface area contributed by atoms with Crippen LogP contribution in [-0.2, 0) is 0 Å². The van der Waals surface area contributed by atoms with Crippen molar-refractivity contribution >= 4 is 0 Å². The van der Waals surface area contributed by atoms with Gasteiger partial charge in [-0.1, -0.05) is 6.92 Å². The highest BCUT2D eigenvalue weighted by atomic mass is 14.9. The van der Waals surface area contributed by atoms with Crippen molar-refractivity contribution in [1.82, 2.24) is 5.32 Å². The van der Waals surface area contributed by atoms with E-state index in [9.17, 15) is 0 Å². The second kappa shape index (κ2) is 3.98. The molecule has 5 aliphatic rings. The first-order chi connectivity index (χ1) is 8.29. The third-order valence-corrected chi connectivity index (χ3v) is 6.33. The number of hydrogen-bond acceptors (Lipinski definition) is 1. The molecule has 0 aliphatic heterocycles. The summed E-state index contributed by atoms with van der Waals surface area (Å²) in [5.74, 6) is 6.36. The molecular formula is C16H27N. The Balaban J connectivity index is 1.37. The quantitative estimate of drug-likeness (QED) is 0.784. The SMILES string of the molecule is CC(CNC1C2CC3CC(C2)CC1C3)C1CC1. The van der Waals surface area contributed by atoms with E-state index in [1.165, 1.54) is 19.4 Å². The molecule has 5 fully saturated rings. The normalized spacial score (nSPS) is 49.6. The zero-order valence-corrected chi connectivity index (χ0v) is 11.2. The van der Waals surface area contributed by atoms with Crippen LogP contribution in [-0.4, -0.2) is 12.6 Å². The lowest BCUT2D eigenvalue weighted by Crippen LogP contribution is -2.55. The van der Waals surface area contributed by atoms with E-state index in [1.54, 1.807) is 32.1 Å². The van der Waals surface area contributed by atoms with Crippen LogP contribution in [0.3, 0.4) is 0 Å². The fraction of sp³-hybridized carbons (Fsp3) is 1.00. The highest BCUT2D eigenvalue weighted by Gasteiger charge is 2.48. The lowest BCUT2D eigenvalue weighted by Gasteiger charge is -2.54. The Labute approximate surface area is 106 Å². The van der Waals surface area contributed by atoms with Crippen LogP contribution in [0.4, 0.5) is 0 Å². The van der Waals surface area contributed by atoms with Crippen LogP contribution in [0.1, 0.15) is 51.9 Å². The van der Waals surface area contributed by atoms with Crippen LogP contribution in [0.2, 0.25) is 0 Å². The highest BCUT2D eigenvalue weighted by molar-refractivity contribution is 5.01. The molecule has 1 unspecified atom stereocenters. The third-order valence-electron chi connectivity index (χ3n) is 6.33. The first kappa shape index (κ1) is 10.8. The summed E-state index contributed by atoms with van der Waals surface area (Å²) in [6, 6.07) is 0.906. The van der Waals surface area contributed by atoms with Crippen LogP contribution in [0, 0.1) is 35.5 Å². The summed E-state index contributed by atoms with van der Waals surface area (Å²) in [6.07, 6.45) is 10.8. The van der Waals surface area contributed by atoms with Crippen LogP contribution >= 0.6 is 0 Å². The summed E-state index contributed by atoms with van der Waals surface area (Å²) in [7, 11) is 0. The van der Waals surface area contributed by atoms with E-state index in [0.29, 0.717) is 0 Å². The molecule has 0 spiro atoms. The highest BCUT2D eigenvalue weighted by Crippen LogP contribution is 2.53. The second-order valence-electron chi connectivity index (χ2n) is 7.68. The lowest BCUT2D eigenvalue weighted by molar-refractivity contribution is -0.0148. The predicted molar refractivity (Wildman–Crippen MR) is 70.7 cm³/mol. The van der Waals surface area contributed by atoms with Gasteiger partial charge >= 0.3 is 0 Å². The monoisotopic (exact) mass is 233 g/mol. The zero-order chi connectivity index (χ0) is 11.4. The maximum atomic E-state index is 3.99. The standard InChI is InChI=1S/C16H27N/c1-10(13-2-3-13)9-17-16-14-5-11-4-12(7-14)8-15(16)6-11/h10-17H,2-9H2,1H3. The molecule has 0 amide bonds. The van der Waals surface area contributed by atoms with Gasteiger partial charge in [0.05, 0.1) is 0 Å². The molecule has 1 atom stereocenters. The maximum Gasteiger partial charge on any atom is 0.0124 e. The number of nitrogens with one attached hydrogen (secondary N) is 1. The molecule has 0 radical (unpaired) electrons. The minimum atomic E-state index is 0.906.